The highest BCUT2D eigenvalue weighted by molar-refractivity contribution is 7.07. The third kappa shape index (κ3) is 3.00. The van der Waals surface area contributed by atoms with E-state index in [1.54, 1.807) is 18.3 Å². The number of halogens is 1. The topological polar surface area (TPSA) is 23.5 Å². The first kappa shape index (κ1) is 13.9. The summed E-state index contributed by atoms with van der Waals surface area (Å²) in [6, 6.07) is 8.65. The van der Waals surface area contributed by atoms with Gasteiger partial charge >= 0.3 is 0 Å². The number of hydrogen-bond acceptors (Lipinski definition) is 3. The van der Waals surface area contributed by atoms with Crippen molar-refractivity contribution in [2.24, 2.45) is 0 Å². The van der Waals surface area contributed by atoms with Crippen LogP contribution in [0.25, 0.3) is 0 Å². The molecule has 2 aromatic rings. The Morgan fingerprint density at radius 3 is 2.75 bits per heavy atom. The molecule has 0 amide bonds. The van der Waals surface area contributed by atoms with E-state index in [-0.39, 0.29) is 0 Å². The maximum atomic E-state index is 9.64. The SMILES string of the molecule is CC(O)c1ccc(N(Cc2ccsc2)C2CC2)c(Cl)c1. The Labute approximate surface area is 128 Å². The fourth-order valence-corrected chi connectivity index (χ4v) is 3.35. The third-order valence-corrected chi connectivity index (χ3v) is 4.72. The minimum absolute atomic E-state index is 0.479. The van der Waals surface area contributed by atoms with Gasteiger partial charge in [-0.3, -0.25) is 0 Å². The molecule has 106 valence electrons. The largest absolute Gasteiger partial charge is 0.389 e. The molecule has 1 atom stereocenters. The van der Waals surface area contributed by atoms with Gasteiger partial charge in [-0.1, -0.05) is 17.7 Å². The molecular formula is C16H18ClNOS. The van der Waals surface area contributed by atoms with Crippen molar-refractivity contribution < 1.29 is 5.11 Å². The van der Waals surface area contributed by atoms with Crippen molar-refractivity contribution in [3.63, 3.8) is 0 Å². The first-order chi connectivity index (χ1) is 9.65. The van der Waals surface area contributed by atoms with Crippen LogP contribution >= 0.6 is 22.9 Å². The summed E-state index contributed by atoms with van der Waals surface area (Å²) in [7, 11) is 0. The lowest BCUT2D eigenvalue weighted by Gasteiger charge is -2.26. The molecule has 0 spiro atoms. The average molecular weight is 308 g/mol. The molecular weight excluding hydrogens is 290 g/mol. The van der Waals surface area contributed by atoms with Crippen LogP contribution in [0.3, 0.4) is 0 Å². The zero-order valence-corrected chi connectivity index (χ0v) is 13.0. The number of aliphatic hydroxyl groups excluding tert-OH is 1. The van der Waals surface area contributed by atoms with Gasteiger partial charge in [-0.05, 0) is 59.9 Å². The summed E-state index contributed by atoms with van der Waals surface area (Å²) >= 11 is 8.16. The minimum Gasteiger partial charge on any atom is -0.389 e. The summed E-state index contributed by atoms with van der Waals surface area (Å²) in [6.45, 7) is 2.66. The molecule has 1 N–H and O–H groups in total. The first-order valence-corrected chi connectivity index (χ1v) is 8.22. The second-order valence-electron chi connectivity index (χ2n) is 5.38. The molecule has 1 saturated carbocycles. The first-order valence-electron chi connectivity index (χ1n) is 6.90. The van der Waals surface area contributed by atoms with Crippen molar-refractivity contribution in [1.29, 1.82) is 0 Å². The normalized spacial score (nSPS) is 16.1. The van der Waals surface area contributed by atoms with Crippen molar-refractivity contribution in [3.05, 3.63) is 51.2 Å². The maximum Gasteiger partial charge on any atom is 0.0762 e. The van der Waals surface area contributed by atoms with Crippen LogP contribution in [0.2, 0.25) is 5.02 Å². The molecule has 20 heavy (non-hydrogen) atoms. The Morgan fingerprint density at radius 2 is 2.20 bits per heavy atom. The van der Waals surface area contributed by atoms with Gasteiger partial charge in [0, 0.05) is 12.6 Å². The molecule has 0 aliphatic heterocycles. The molecule has 0 bridgehead atoms. The van der Waals surface area contributed by atoms with Crippen LogP contribution < -0.4 is 4.90 Å². The Balaban J connectivity index is 1.87. The predicted molar refractivity (Wildman–Crippen MR) is 85.6 cm³/mol. The molecule has 1 heterocycles. The average Bonchev–Trinajstić information content (AvgIpc) is 3.14. The molecule has 1 aliphatic carbocycles. The van der Waals surface area contributed by atoms with E-state index in [4.69, 9.17) is 11.6 Å². The van der Waals surface area contributed by atoms with Crippen molar-refractivity contribution in [2.75, 3.05) is 4.90 Å². The molecule has 1 aromatic carbocycles. The van der Waals surface area contributed by atoms with Crippen molar-refractivity contribution in [3.8, 4) is 0 Å². The van der Waals surface area contributed by atoms with Crippen LogP contribution in [0.4, 0.5) is 5.69 Å². The van der Waals surface area contributed by atoms with Gasteiger partial charge in [-0.2, -0.15) is 11.3 Å². The van der Waals surface area contributed by atoms with Crippen molar-refractivity contribution >= 4 is 28.6 Å². The molecule has 0 radical (unpaired) electrons. The van der Waals surface area contributed by atoms with Crippen LogP contribution in [-0.2, 0) is 6.54 Å². The summed E-state index contributed by atoms with van der Waals surface area (Å²) in [5.74, 6) is 0. The van der Waals surface area contributed by atoms with Gasteiger partial charge in [-0.15, -0.1) is 0 Å². The number of rotatable bonds is 5. The molecule has 1 unspecified atom stereocenters. The lowest BCUT2D eigenvalue weighted by molar-refractivity contribution is 0.199. The third-order valence-electron chi connectivity index (χ3n) is 3.68. The predicted octanol–water partition coefficient (Wildman–Crippen LogP) is 4.62. The Bertz CT molecular complexity index is 578. The van der Waals surface area contributed by atoms with Crippen molar-refractivity contribution in [2.45, 2.75) is 38.5 Å². The maximum absolute atomic E-state index is 9.64. The highest BCUT2D eigenvalue weighted by Crippen LogP contribution is 2.38. The highest BCUT2D eigenvalue weighted by atomic mass is 35.5. The molecule has 2 nitrogen and oxygen atoms in total. The smallest absolute Gasteiger partial charge is 0.0762 e. The lowest BCUT2D eigenvalue weighted by atomic mass is 10.1. The summed E-state index contributed by atoms with van der Waals surface area (Å²) in [5, 5.41) is 14.7. The van der Waals surface area contributed by atoms with E-state index in [1.807, 2.05) is 18.2 Å². The summed E-state index contributed by atoms with van der Waals surface area (Å²) in [6.07, 6.45) is 1.99. The van der Waals surface area contributed by atoms with Gasteiger partial charge in [0.2, 0.25) is 0 Å². The van der Waals surface area contributed by atoms with Crippen LogP contribution in [0.15, 0.2) is 35.0 Å². The van der Waals surface area contributed by atoms with Gasteiger partial charge < -0.3 is 10.0 Å². The fraction of sp³-hybridized carbons (Fsp3) is 0.375. The number of hydrogen-bond donors (Lipinski definition) is 1. The van der Waals surface area contributed by atoms with Gasteiger partial charge in [0.1, 0.15) is 0 Å². The van der Waals surface area contributed by atoms with Gasteiger partial charge in [0.25, 0.3) is 0 Å². The van der Waals surface area contributed by atoms with E-state index in [0.717, 1.165) is 22.8 Å². The Hall–Kier alpha value is -1.03. The van der Waals surface area contributed by atoms with E-state index in [9.17, 15) is 5.11 Å². The monoisotopic (exact) mass is 307 g/mol. The van der Waals surface area contributed by atoms with E-state index >= 15 is 0 Å². The lowest BCUT2D eigenvalue weighted by Crippen LogP contribution is -2.25. The van der Waals surface area contributed by atoms with Crippen molar-refractivity contribution in [1.82, 2.24) is 0 Å². The van der Waals surface area contributed by atoms with Gasteiger partial charge in [0.05, 0.1) is 16.8 Å². The quantitative estimate of drug-likeness (QED) is 0.871. The van der Waals surface area contributed by atoms with Crippen LogP contribution in [0, 0.1) is 0 Å². The van der Waals surface area contributed by atoms with Crippen LogP contribution in [0.1, 0.15) is 37.0 Å². The van der Waals surface area contributed by atoms with Gasteiger partial charge in [0.15, 0.2) is 0 Å². The molecule has 3 rings (SSSR count). The van der Waals surface area contributed by atoms with E-state index in [2.05, 4.69) is 21.7 Å². The number of nitrogens with zero attached hydrogens (tertiary/aromatic N) is 1. The Morgan fingerprint density at radius 1 is 1.40 bits per heavy atom. The number of benzene rings is 1. The minimum atomic E-state index is -0.479. The molecule has 4 heteroatoms. The zero-order chi connectivity index (χ0) is 14.1. The fourth-order valence-electron chi connectivity index (χ4n) is 2.39. The summed E-state index contributed by atoms with van der Waals surface area (Å²) in [5.41, 5.74) is 3.27. The number of aliphatic hydroxyl groups is 1. The highest BCUT2D eigenvalue weighted by Gasteiger charge is 2.30. The van der Waals surface area contributed by atoms with Crippen LogP contribution in [0.5, 0.6) is 0 Å². The number of anilines is 1. The molecule has 0 saturated heterocycles. The molecule has 1 aliphatic rings. The second kappa shape index (κ2) is 5.76. The summed E-state index contributed by atoms with van der Waals surface area (Å²) < 4.78 is 0. The molecule has 1 fully saturated rings. The van der Waals surface area contributed by atoms with E-state index in [0.29, 0.717) is 6.04 Å². The van der Waals surface area contributed by atoms with Gasteiger partial charge in [-0.25, -0.2) is 0 Å². The zero-order valence-electron chi connectivity index (χ0n) is 11.4. The Kier molecular flexibility index (Phi) is 4.01. The summed E-state index contributed by atoms with van der Waals surface area (Å²) in [4.78, 5) is 2.39. The van der Waals surface area contributed by atoms with Crippen LogP contribution in [-0.4, -0.2) is 11.1 Å². The van der Waals surface area contributed by atoms with E-state index < -0.39 is 6.10 Å². The van der Waals surface area contributed by atoms with E-state index in [1.165, 1.54) is 18.4 Å². The second-order valence-corrected chi connectivity index (χ2v) is 6.56. The standard InChI is InChI=1S/C16H18ClNOS/c1-11(19)13-2-5-16(15(17)8-13)18(14-3-4-14)9-12-6-7-20-10-12/h2,5-8,10-11,14,19H,3-4,9H2,1H3. The molecule has 1 aromatic heterocycles. The number of thiophene rings is 1.